The summed E-state index contributed by atoms with van der Waals surface area (Å²) in [6.07, 6.45) is 8.10. The average molecular weight is 700 g/mol. The summed E-state index contributed by atoms with van der Waals surface area (Å²) in [6, 6.07) is 29.1. The summed E-state index contributed by atoms with van der Waals surface area (Å²) in [5.41, 5.74) is 7.47. The van der Waals surface area contributed by atoms with Crippen LogP contribution in [0.3, 0.4) is 0 Å². The largest absolute Gasteiger partial charge is 0.481 e. The standard InChI is InChI=1S/C41H33N9O3/c1-48(2)36-19-31(29-10-5-8-27(16-29)22-49-24-45-38-33(40(49)51)11-6-13-43-38)18-35(47-36)32-17-34-39(44-21-32)46-25-50(41(34)52)23-26-7-4-9-28(15-26)30-12-14-42-37(20-30)53-3/h4-21,24-25H,22-23H2,1-3H3. The number of hydrogen-bond acceptors (Lipinski definition) is 10. The van der Waals surface area contributed by atoms with E-state index in [1.807, 2.05) is 91.8 Å². The van der Waals surface area contributed by atoms with Crippen molar-refractivity contribution in [2.75, 3.05) is 26.1 Å². The molecule has 0 aliphatic carbocycles. The van der Waals surface area contributed by atoms with E-state index in [2.05, 4.69) is 31.0 Å². The molecule has 0 fully saturated rings. The number of nitrogens with zero attached hydrogens (tertiary/aromatic N) is 9. The van der Waals surface area contributed by atoms with Crippen LogP contribution in [-0.2, 0) is 13.1 Å². The van der Waals surface area contributed by atoms with Gasteiger partial charge in [-0.3, -0.25) is 18.7 Å². The number of fused-ring (bicyclic) bond motifs is 2. The summed E-state index contributed by atoms with van der Waals surface area (Å²) in [4.78, 5) is 55.8. The Morgan fingerprint density at radius 3 is 1.96 bits per heavy atom. The molecule has 0 atom stereocenters. The molecule has 8 aromatic rings. The highest BCUT2D eigenvalue weighted by molar-refractivity contribution is 5.81. The lowest BCUT2D eigenvalue weighted by molar-refractivity contribution is 0.398. The molecule has 12 heteroatoms. The molecule has 12 nitrogen and oxygen atoms in total. The van der Waals surface area contributed by atoms with Crippen LogP contribution in [0.5, 0.6) is 5.88 Å². The molecule has 6 aromatic heterocycles. The van der Waals surface area contributed by atoms with Gasteiger partial charge in [0.05, 0.1) is 36.7 Å². The van der Waals surface area contributed by atoms with E-state index in [0.717, 1.165) is 39.2 Å². The Morgan fingerprint density at radius 1 is 0.604 bits per heavy atom. The molecule has 8 rings (SSSR count). The molecule has 53 heavy (non-hydrogen) atoms. The monoisotopic (exact) mass is 699 g/mol. The zero-order valence-electron chi connectivity index (χ0n) is 29.2. The summed E-state index contributed by atoms with van der Waals surface area (Å²) in [7, 11) is 5.45. The van der Waals surface area contributed by atoms with Crippen molar-refractivity contribution in [3.8, 4) is 39.4 Å². The molecule has 260 valence electrons. The van der Waals surface area contributed by atoms with Crippen molar-refractivity contribution >= 4 is 27.9 Å². The number of benzene rings is 2. The molecule has 0 radical (unpaired) electrons. The summed E-state index contributed by atoms with van der Waals surface area (Å²) in [5, 5.41) is 0.869. The van der Waals surface area contributed by atoms with E-state index in [-0.39, 0.29) is 11.1 Å². The molecule has 0 amide bonds. The number of anilines is 1. The summed E-state index contributed by atoms with van der Waals surface area (Å²) in [5.74, 6) is 1.27. The molecule has 0 spiro atoms. The van der Waals surface area contributed by atoms with E-state index in [4.69, 9.17) is 9.72 Å². The predicted molar refractivity (Wildman–Crippen MR) is 205 cm³/mol. The second-order valence-electron chi connectivity index (χ2n) is 12.8. The Bertz CT molecular complexity index is 2780. The van der Waals surface area contributed by atoms with Crippen LogP contribution < -0.4 is 20.8 Å². The third-order valence-corrected chi connectivity index (χ3v) is 9.01. The lowest BCUT2D eigenvalue weighted by Crippen LogP contribution is -2.21. The van der Waals surface area contributed by atoms with Crippen molar-refractivity contribution in [1.29, 1.82) is 0 Å². The van der Waals surface area contributed by atoms with Crippen LogP contribution in [0.25, 0.3) is 55.6 Å². The summed E-state index contributed by atoms with van der Waals surface area (Å²) >= 11 is 0. The summed E-state index contributed by atoms with van der Waals surface area (Å²) in [6.45, 7) is 0.675. The van der Waals surface area contributed by atoms with Crippen LogP contribution in [0.15, 0.2) is 132 Å². The number of aromatic nitrogens is 8. The van der Waals surface area contributed by atoms with Gasteiger partial charge in [0.15, 0.2) is 11.3 Å². The molecule has 2 aromatic carbocycles. The van der Waals surface area contributed by atoms with Crippen LogP contribution in [0.2, 0.25) is 0 Å². The Balaban J connectivity index is 1.12. The lowest BCUT2D eigenvalue weighted by Gasteiger charge is -2.16. The molecule has 0 aliphatic rings. The van der Waals surface area contributed by atoms with Crippen LogP contribution in [0.1, 0.15) is 11.1 Å². The van der Waals surface area contributed by atoms with Crippen molar-refractivity contribution in [2.45, 2.75) is 13.1 Å². The second kappa shape index (κ2) is 13.9. The fraction of sp³-hybridized carbons (Fsp3) is 0.122. The van der Waals surface area contributed by atoms with Gasteiger partial charge in [0, 0.05) is 44.3 Å². The maximum absolute atomic E-state index is 13.9. The van der Waals surface area contributed by atoms with Gasteiger partial charge in [-0.2, -0.15) is 0 Å². The average Bonchev–Trinajstić information content (AvgIpc) is 3.20. The Hall–Kier alpha value is -7.08. The van der Waals surface area contributed by atoms with Crippen LogP contribution in [0.4, 0.5) is 5.82 Å². The van der Waals surface area contributed by atoms with E-state index in [0.29, 0.717) is 52.3 Å². The smallest absolute Gasteiger partial charge is 0.263 e. The highest BCUT2D eigenvalue weighted by Crippen LogP contribution is 2.30. The Morgan fingerprint density at radius 2 is 1.26 bits per heavy atom. The first-order chi connectivity index (χ1) is 25.8. The zero-order chi connectivity index (χ0) is 36.5. The van der Waals surface area contributed by atoms with Gasteiger partial charge in [-0.1, -0.05) is 36.4 Å². The van der Waals surface area contributed by atoms with Gasteiger partial charge in [0.2, 0.25) is 5.88 Å². The molecule has 0 saturated carbocycles. The number of methoxy groups -OCH3 is 1. The number of ether oxygens (including phenoxy) is 1. The molecule has 0 unspecified atom stereocenters. The molecule has 0 saturated heterocycles. The van der Waals surface area contributed by atoms with E-state index >= 15 is 0 Å². The predicted octanol–water partition coefficient (Wildman–Crippen LogP) is 5.86. The highest BCUT2D eigenvalue weighted by Gasteiger charge is 2.14. The van der Waals surface area contributed by atoms with Gasteiger partial charge in [-0.15, -0.1) is 0 Å². The number of rotatable bonds is 9. The van der Waals surface area contributed by atoms with Crippen molar-refractivity contribution in [2.24, 2.45) is 0 Å². The molecular formula is C41H33N9O3. The van der Waals surface area contributed by atoms with E-state index in [1.165, 1.54) is 12.7 Å². The van der Waals surface area contributed by atoms with E-state index in [9.17, 15) is 9.59 Å². The van der Waals surface area contributed by atoms with E-state index < -0.39 is 0 Å². The Kier molecular flexibility index (Phi) is 8.68. The molecule has 6 heterocycles. The van der Waals surface area contributed by atoms with Crippen molar-refractivity contribution in [3.63, 3.8) is 0 Å². The first-order valence-electron chi connectivity index (χ1n) is 16.9. The lowest BCUT2D eigenvalue weighted by atomic mass is 10.0. The highest BCUT2D eigenvalue weighted by atomic mass is 16.5. The number of pyridine rings is 4. The first kappa shape index (κ1) is 33.1. The third-order valence-electron chi connectivity index (χ3n) is 9.01. The maximum Gasteiger partial charge on any atom is 0.263 e. The fourth-order valence-corrected chi connectivity index (χ4v) is 6.27. The second-order valence-corrected chi connectivity index (χ2v) is 12.8. The minimum atomic E-state index is -0.203. The van der Waals surface area contributed by atoms with Crippen molar-refractivity contribution in [3.05, 3.63) is 154 Å². The van der Waals surface area contributed by atoms with Gasteiger partial charge in [-0.25, -0.2) is 29.9 Å². The van der Waals surface area contributed by atoms with Gasteiger partial charge in [0.25, 0.3) is 11.1 Å². The van der Waals surface area contributed by atoms with Gasteiger partial charge >= 0.3 is 0 Å². The maximum atomic E-state index is 13.9. The van der Waals surface area contributed by atoms with Gasteiger partial charge < -0.3 is 9.64 Å². The van der Waals surface area contributed by atoms with E-state index in [1.54, 1.807) is 47.0 Å². The normalized spacial score (nSPS) is 11.2. The third kappa shape index (κ3) is 6.73. The van der Waals surface area contributed by atoms with Crippen molar-refractivity contribution < 1.29 is 4.74 Å². The minimum Gasteiger partial charge on any atom is -0.481 e. The van der Waals surface area contributed by atoms with Crippen LogP contribution in [-0.4, -0.2) is 60.2 Å². The molecule has 0 bridgehead atoms. The SMILES string of the molecule is COc1cc(-c2cccc(Cn3cnc4ncc(-c5cc(-c6cccc(Cn7cnc8ncccc8c7=O)c6)cc(N(C)C)n5)cc4c3=O)c2)ccn1. The molecule has 0 N–H and O–H groups in total. The fourth-order valence-electron chi connectivity index (χ4n) is 6.27. The zero-order valence-corrected chi connectivity index (χ0v) is 29.2. The minimum absolute atomic E-state index is 0.147. The van der Waals surface area contributed by atoms with Gasteiger partial charge in [-0.05, 0) is 81.9 Å². The van der Waals surface area contributed by atoms with Crippen molar-refractivity contribution in [1.82, 2.24) is 39.0 Å². The number of hydrogen-bond donors (Lipinski definition) is 0. The quantitative estimate of drug-likeness (QED) is 0.180. The molecule has 0 aliphatic heterocycles. The van der Waals surface area contributed by atoms with Crippen LogP contribution >= 0.6 is 0 Å². The molecular weight excluding hydrogens is 667 g/mol. The van der Waals surface area contributed by atoms with Crippen LogP contribution in [0, 0.1) is 0 Å². The summed E-state index contributed by atoms with van der Waals surface area (Å²) < 4.78 is 8.47. The van der Waals surface area contributed by atoms with Gasteiger partial charge in [0.1, 0.15) is 18.5 Å². The topological polar surface area (TPSA) is 134 Å². The Labute approximate surface area is 303 Å². The first-order valence-corrected chi connectivity index (χ1v) is 16.9.